The van der Waals surface area contributed by atoms with Gasteiger partial charge in [-0.15, -0.1) is 0 Å². The molecule has 1 unspecified atom stereocenters. The van der Waals surface area contributed by atoms with Gasteiger partial charge < -0.3 is 9.84 Å². The molecule has 0 aromatic carbocycles. The first-order valence-electron chi connectivity index (χ1n) is 4.82. The van der Waals surface area contributed by atoms with Gasteiger partial charge in [0.15, 0.2) is 18.2 Å². The van der Waals surface area contributed by atoms with Crippen molar-refractivity contribution in [2.24, 2.45) is 5.92 Å². The molecule has 0 aromatic rings. The normalized spacial score (nSPS) is 13.9. The van der Waals surface area contributed by atoms with E-state index in [2.05, 4.69) is 4.74 Å². The van der Waals surface area contributed by atoms with Crippen LogP contribution in [0.2, 0.25) is 0 Å². The largest absolute Gasteiger partial charge is 0.481 e. The summed E-state index contributed by atoms with van der Waals surface area (Å²) in [6.07, 6.45) is 1.92. The predicted molar refractivity (Wildman–Crippen MR) is 57.4 cm³/mol. The smallest absolute Gasteiger partial charge is 0.310 e. The van der Waals surface area contributed by atoms with Gasteiger partial charge in [-0.1, -0.05) is 6.08 Å². The highest BCUT2D eigenvalue weighted by molar-refractivity contribution is 5.95. The molecule has 1 N–H and O–H groups in total. The molecule has 0 heterocycles. The standard InChI is InChI=1S/C11H14O6/c1-3-8(5-12)4-9(10(15)16)11(6-13,7-14)17-2/h3,5-7,9H,4H2,1-2H3,(H,15,16). The van der Waals surface area contributed by atoms with Crippen LogP contribution in [0.5, 0.6) is 0 Å². The lowest BCUT2D eigenvalue weighted by Crippen LogP contribution is -2.47. The van der Waals surface area contributed by atoms with E-state index in [0.717, 1.165) is 7.11 Å². The van der Waals surface area contributed by atoms with E-state index in [1.165, 1.54) is 6.08 Å². The molecule has 0 saturated heterocycles. The van der Waals surface area contributed by atoms with Crippen LogP contribution in [0.4, 0.5) is 0 Å². The van der Waals surface area contributed by atoms with Crippen molar-refractivity contribution < 1.29 is 29.0 Å². The lowest BCUT2D eigenvalue weighted by molar-refractivity contribution is -0.162. The number of carboxylic acid groups (broad SMARTS) is 1. The Balaban J connectivity index is 5.35. The monoisotopic (exact) mass is 242 g/mol. The number of methoxy groups -OCH3 is 1. The molecule has 6 nitrogen and oxygen atoms in total. The van der Waals surface area contributed by atoms with Crippen molar-refractivity contribution in [2.75, 3.05) is 7.11 Å². The predicted octanol–water partition coefficient (Wildman–Crippen LogP) is 0.00550. The van der Waals surface area contributed by atoms with E-state index in [1.54, 1.807) is 6.92 Å². The van der Waals surface area contributed by atoms with E-state index in [9.17, 15) is 19.2 Å². The number of carboxylic acids is 1. The summed E-state index contributed by atoms with van der Waals surface area (Å²) in [5.41, 5.74) is -1.88. The van der Waals surface area contributed by atoms with Gasteiger partial charge in [0.1, 0.15) is 12.2 Å². The number of carbonyl (C=O) groups excluding carboxylic acids is 3. The topological polar surface area (TPSA) is 97.7 Å². The van der Waals surface area contributed by atoms with Crippen molar-refractivity contribution in [3.63, 3.8) is 0 Å². The fourth-order valence-corrected chi connectivity index (χ4v) is 1.34. The molecule has 1 atom stereocenters. The highest BCUT2D eigenvalue weighted by Crippen LogP contribution is 2.24. The highest BCUT2D eigenvalue weighted by Gasteiger charge is 2.44. The molecule has 6 heteroatoms. The Morgan fingerprint density at radius 2 is 1.88 bits per heavy atom. The Morgan fingerprint density at radius 1 is 1.35 bits per heavy atom. The minimum atomic E-state index is -2.07. The summed E-state index contributed by atoms with van der Waals surface area (Å²) in [7, 11) is 1.06. The lowest BCUT2D eigenvalue weighted by atomic mass is 9.84. The molecule has 94 valence electrons. The van der Waals surface area contributed by atoms with Crippen LogP contribution in [0.3, 0.4) is 0 Å². The molecule has 0 fully saturated rings. The molecule has 0 rings (SSSR count). The number of carbonyl (C=O) groups is 4. The van der Waals surface area contributed by atoms with Gasteiger partial charge in [0, 0.05) is 7.11 Å². The van der Waals surface area contributed by atoms with Crippen molar-refractivity contribution in [1.29, 1.82) is 0 Å². The Kier molecular flexibility index (Phi) is 5.98. The first-order chi connectivity index (χ1) is 8.01. The summed E-state index contributed by atoms with van der Waals surface area (Å²) in [6, 6.07) is 0. The third-order valence-electron chi connectivity index (χ3n) is 2.53. The van der Waals surface area contributed by atoms with Crippen LogP contribution in [0, 0.1) is 5.92 Å². The molecular weight excluding hydrogens is 228 g/mol. The lowest BCUT2D eigenvalue weighted by Gasteiger charge is -2.26. The Labute approximate surface area is 98.3 Å². The van der Waals surface area contributed by atoms with Crippen molar-refractivity contribution in [3.05, 3.63) is 11.6 Å². The second kappa shape index (κ2) is 6.70. The van der Waals surface area contributed by atoms with Crippen LogP contribution in [-0.4, -0.2) is 42.6 Å². The van der Waals surface area contributed by atoms with Crippen molar-refractivity contribution in [2.45, 2.75) is 18.9 Å². The van der Waals surface area contributed by atoms with E-state index in [-0.39, 0.29) is 24.6 Å². The van der Waals surface area contributed by atoms with Crippen molar-refractivity contribution in [3.8, 4) is 0 Å². The Hall–Kier alpha value is -1.82. The quantitative estimate of drug-likeness (QED) is 0.365. The summed E-state index contributed by atoms with van der Waals surface area (Å²) in [6.45, 7) is 1.55. The molecule has 0 saturated carbocycles. The van der Waals surface area contributed by atoms with E-state index in [0.29, 0.717) is 6.29 Å². The van der Waals surface area contributed by atoms with Crippen LogP contribution in [0.15, 0.2) is 11.6 Å². The Morgan fingerprint density at radius 3 is 2.12 bits per heavy atom. The summed E-state index contributed by atoms with van der Waals surface area (Å²) in [5, 5.41) is 9.00. The van der Waals surface area contributed by atoms with Crippen LogP contribution in [0.1, 0.15) is 13.3 Å². The van der Waals surface area contributed by atoms with Gasteiger partial charge in [0.2, 0.25) is 0 Å². The maximum absolute atomic E-state index is 11.0. The number of aldehydes is 3. The summed E-state index contributed by atoms with van der Waals surface area (Å²) < 4.78 is 4.69. The third kappa shape index (κ3) is 3.32. The molecule has 0 amide bonds. The van der Waals surface area contributed by atoms with Crippen LogP contribution < -0.4 is 0 Å². The average molecular weight is 242 g/mol. The number of hydrogen-bond donors (Lipinski definition) is 1. The van der Waals surface area contributed by atoms with Gasteiger partial charge in [0.05, 0.1) is 0 Å². The first kappa shape index (κ1) is 15.2. The molecule has 0 aliphatic heterocycles. The number of allylic oxidation sites excluding steroid dienone is 2. The number of rotatable bonds is 8. The SMILES string of the molecule is CC=C(C=O)CC(C(=O)O)C(C=O)(C=O)OC. The first-order valence-corrected chi connectivity index (χ1v) is 4.82. The van der Waals surface area contributed by atoms with Crippen molar-refractivity contribution in [1.82, 2.24) is 0 Å². The van der Waals surface area contributed by atoms with Crippen molar-refractivity contribution >= 4 is 24.8 Å². The molecular formula is C11H14O6. The fourth-order valence-electron chi connectivity index (χ4n) is 1.34. The minimum absolute atomic E-state index is 0.136. The number of hydrogen-bond acceptors (Lipinski definition) is 5. The average Bonchev–Trinajstić information content (AvgIpc) is 2.35. The highest BCUT2D eigenvalue weighted by atomic mass is 16.5. The number of aliphatic carboxylic acids is 1. The van der Waals surface area contributed by atoms with Gasteiger partial charge in [0.25, 0.3) is 0 Å². The summed E-state index contributed by atoms with van der Waals surface area (Å²) >= 11 is 0. The minimum Gasteiger partial charge on any atom is -0.481 e. The van der Waals surface area contributed by atoms with E-state index in [1.807, 2.05) is 0 Å². The van der Waals surface area contributed by atoms with Gasteiger partial charge in [-0.3, -0.25) is 19.2 Å². The Bertz CT molecular complexity index is 336. The zero-order valence-corrected chi connectivity index (χ0v) is 9.58. The van der Waals surface area contributed by atoms with Crippen LogP contribution >= 0.6 is 0 Å². The van der Waals surface area contributed by atoms with Crippen LogP contribution in [0.25, 0.3) is 0 Å². The summed E-state index contributed by atoms with van der Waals surface area (Å²) in [4.78, 5) is 43.4. The number of ether oxygens (including phenoxy) is 1. The molecule has 0 spiro atoms. The molecule has 0 aliphatic rings. The zero-order valence-electron chi connectivity index (χ0n) is 9.58. The maximum atomic E-state index is 11.0. The molecule has 0 radical (unpaired) electrons. The third-order valence-corrected chi connectivity index (χ3v) is 2.53. The van der Waals surface area contributed by atoms with Gasteiger partial charge in [-0.25, -0.2) is 0 Å². The maximum Gasteiger partial charge on any atom is 0.310 e. The van der Waals surface area contributed by atoms with E-state index in [4.69, 9.17) is 5.11 Å². The second-order valence-electron chi connectivity index (χ2n) is 3.37. The molecule has 17 heavy (non-hydrogen) atoms. The summed E-state index contributed by atoms with van der Waals surface area (Å²) in [5.74, 6) is -2.81. The molecule has 0 aromatic heterocycles. The van der Waals surface area contributed by atoms with Gasteiger partial charge in [-0.2, -0.15) is 0 Å². The van der Waals surface area contributed by atoms with Gasteiger partial charge >= 0.3 is 5.97 Å². The van der Waals surface area contributed by atoms with Crippen LogP contribution in [-0.2, 0) is 23.9 Å². The molecule has 0 bridgehead atoms. The van der Waals surface area contributed by atoms with E-state index < -0.39 is 17.5 Å². The van der Waals surface area contributed by atoms with Gasteiger partial charge in [-0.05, 0) is 18.9 Å². The zero-order chi connectivity index (χ0) is 13.5. The molecule has 0 aliphatic carbocycles. The second-order valence-corrected chi connectivity index (χ2v) is 3.37. The van der Waals surface area contributed by atoms with E-state index >= 15 is 0 Å². The fraction of sp³-hybridized carbons (Fsp3) is 0.455.